The fourth-order valence-electron chi connectivity index (χ4n) is 1.38. The predicted molar refractivity (Wildman–Crippen MR) is 66.5 cm³/mol. The first-order chi connectivity index (χ1) is 6.65. The zero-order valence-electron chi connectivity index (χ0n) is 8.89. The molecule has 0 spiro atoms. The smallest absolute Gasteiger partial charge is 0.0181 e. The second kappa shape index (κ2) is 5.32. The standard InChI is InChI=1S/C12H16BrN/c1-9-4-5-11(13)8-12(9)10(2)6-7-14-3/h4-6,8,14H,7H2,1-3H3/b10-6-. The maximum Gasteiger partial charge on any atom is 0.0181 e. The van der Waals surface area contributed by atoms with Crippen molar-refractivity contribution in [3.05, 3.63) is 39.9 Å². The zero-order valence-corrected chi connectivity index (χ0v) is 10.5. The molecule has 1 aromatic carbocycles. The molecule has 0 aliphatic carbocycles. The minimum absolute atomic E-state index is 0.914. The SMILES string of the molecule is CNC/C=C(/C)c1cc(Br)ccc1C. The van der Waals surface area contributed by atoms with Crippen molar-refractivity contribution in [1.82, 2.24) is 5.32 Å². The fraction of sp³-hybridized carbons (Fsp3) is 0.333. The van der Waals surface area contributed by atoms with Crippen LogP contribution in [0.4, 0.5) is 0 Å². The molecule has 0 saturated heterocycles. The Hall–Kier alpha value is -0.600. The number of hydrogen-bond acceptors (Lipinski definition) is 1. The van der Waals surface area contributed by atoms with Crippen molar-refractivity contribution in [2.75, 3.05) is 13.6 Å². The molecule has 0 aromatic heterocycles. The van der Waals surface area contributed by atoms with Crippen LogP contribution in [0.3, 0.4) is 0 Å². The molecule has 0 amide bonds. The molecule has 0 unspecified atom stereocenters. The first-order valence-corrected chi connectivity index (χ1v) is 5.52. The Bertz CT molecular complexity index is 342. The minimum Gasteiger partial charge on any atom is -0.316 e. The maximum atomic E-state index is 3.49. The molecule has 1 N–H and O–H groups in total. The zero-order chi connectivity index (χ0) is 10.6. The molecular formula is C12H16BrN. The first kappa shape index (κ1) is 11.5. The van der Waals surface area contributed by atoms with E-state index in [4.69, 9.17) is 0 Å². The van der Waals surface area contributed by atoms with Gasteiger partial charge in [0.25, 0.3) is 0 Å². The number of nitrogens with one attached hydrogen (secondary N) is 1. The van der Waals surface area contributed by atoms with Gasteiger partial charge in [-0.15, -0.1) is 0 Å². The second-order valence-electron chi connectivity index (χ2n) is 3.40. The molecule has 1 rings (SSSR count). The van der Waals surface area contributed by atoms with Crippen LogP contribution in [0.1, 0.15) is 18.1 Å². The number of hydrogen-bond donors (Lipinski definition) is 1. The van der Waals surface area contributed by atoms with Gasteiger partial charge in [-0.3, -0.25) is 0 Å². The summed E-state index contributed by atoms with van der Waals surface area (Å²) in [6.07, 6.45) is 2.20. The monoisotopic (exact) mass is 253 g/mol. The number of likely N-dealkylation sites (N-methyl/N-ethyl adjacent to an activating group) is 1. The maximum absolute atomic E-state index is 3.49. The highest BCUT2D eigenvalue weighted by molar-refractivity contribution is 9.10. The van der Waals surface area contributed by atoms with E-state index in [1.807, 2.05) is 7.05 Å². The molecule has 2 heteroatoms. The summed E-state index contributed by atoms with van der Waals surface area (Å²) >= 11 is 3.49. The lowest BCUT2D eigenvalue weighted by atomic mass is 10.0. The molecule has 0 fully saturated rings. The molecule has 0 radical (unpaired) electrons. The van der Waals surface area contributed by atoms with E-state index in [2.05, 4.69) is 59.4 Å². The van der Waals surface area contributed by atoms with Gasteiger partial charge >= 0.3 is 0 Å². The summed E-state index contributed by atoms with van der Waals surface area (Å²) in [5.41, 5.74) is 3.95. The molecule has 0 saturated carbocycles. The number of rotatable bonds is 3. The Kier molecular flexibility index (Phi) is 4.36. The third kappa shape index (κ3) is 2.96. The number of halogens is 1. The van der Waals surface area contributed by atoms with Gasteiger partial charge in [-0.25, -0.2) is 0 Å². The van der Waals surface area contributed by atoms with Crippen molar-refractivity contribution in [1.29, 1.82) is 0 Å². The van der Waals surface area contributed by atoms with Crippen LogP contribution < -0.4 is 5.32 Å². The number of benzene rings is 1. The minimum atomic E-state index is 0.914. The lowest BCUT2D eigenvalue weighted by Crippen LogP contribution is -2.04. The summed E-state index contributed by atoms with van der Waals surface area (Å²) in [4.78, 5) is 0. The van der Waals surface area contributed by atoms with E-state index >= 15 is 0 Å². The molecule has 0 aliphatic heterocycles. The fourth-order valence-corrected chi connectivity index (χ4v) is 1.75. The molecule has 14 heavy (non-hydrogen) atoms. The van der Waals surface area contributed by atoms with Crippen LogP contribution in [0.2, 0.25) is 0 Å². The molecule has 0 bridgehead atoms. The Morgan fingerprint density at radius 3 is 2.86 bits per heavy atom. The molecule has 1 aromatic rings. The van der Waals surface area contributed by atoms with Gasteiger partial charge in [-0.1, -0.05) is 28.1 Å². The summed E-state index contributed by atoms with van der Waals surface area (Å²) in [5, 5.41) is 3.11. The number of allylic oxidation sites excluding steroid dienone is 1. The highest BCUT2D eigenvalue weighted by Gasteiger charge is 2.00. The van der Waals surface area contributed by atoms with Crippen molar-refractivity contribution in [2.45, 2.75) is 13.8 Å². The van der Waals surface area contributed by atoms with Crippen molar-refractivity contribution < 1.29 is 0 Å². The number of aryl methyl sites for hydroxylation is 1. The van der Waals surface area contributed by atoms with Crippen LogP contribution in [0, 0.1) is 6.92 Å². The van der Waals surface area contributed by atoms with Gasteiger partial charge in [0.2, 0.25) is 0 Å². The molecule has 0 atom stereocenters. The van der Waals surface area contributed by atoms with Crippen LogP contribution in [0.5, 0.6) is 0 Å². The van der Waals surface area contributed by atoms with Gasteiger partial charge in [0.05, 0.1) is 0 Å². The van der Waals surface area contributed by atoms with Gasteiger partial charge in [0, 0.05) is 11.0 Å². The van der Waals surface area contributed by atoms with Crippen LogP contribution in [-0.2, 0) is 0 Å². The highest BCUT2D eigenvalue weighted by atomic mass is 79.9. The van der Waals surface area contributed by atoms with Crippen LogP contribution in [0.25, 0.3) is 5.57 Å². The first-order valence-electron chi connectivity index (χ1n) is 4.73. The van der Waals surface area contributed by atoms with Crippen molar-refractivity contribution in [3.8, 4) is 0 Å². The molecule has 0 aliphatic rings. The van der Waals surface area contributed by atoms with Gasteiger partial charge in [-0.05, 0) is 49.7 Å². The predicted octanol–water partition coefficient (Wildman–Crippen LogP) is 3.38. The third-order valence-electron chi connectivity index (χ3n) is 2.24. The largest absolute Gasteiger partial charge is 0.316 e. The Labute approximate surface area is 94.3 Å². The van der Waals surface area contributed by atoms with E-state index in [1.54, 1.807) is 0 Å². The molecule has 1 nitrogen and oxygen atoms in total. The Morgan fingerprint density at radius 1 is 1.50 bits per heavy atom. The Balaban J connectivity index is 2.99. The highest BCUT2D eigenvalue weighted by Crippen LogP contribution is 2.22. The summed E-state index contributed by atoms with van der Waals surface area (Å²) in [6, 6.07) is 6.37. The van der Waals surface area contributed by atoms with Crippen molar-refractivity contribution in [3.63, 3.8) is 0 Å². The van der Waals surface area contributed by atoms with Gasteiger partial charge in [-0.2, -0.15) is 0 Å². The van der Waals surface area contributed by atoms with Crippen molar-refractivity contribution in [2.24, 2.45) is 0 Å². The van der Waals surface area contributed by atoms with E-state index in [0.717, 1.165) is 11.0 Å². The quantitative estimate of drug-likeness (QED) is 0.871. The average molecular weight is 254 g/mol. The van der Waals surface area contributed by atoms with E-state index in [9.17, 15) is 0 Å². The van der Waals surface area contributed by atoms with Crippen molar-refractivity contribution >= 4 is 21.5 Å². The second-order valence-corrected chi connectivity index (χ2v) is 4.32. The normalized spacial score (nSPS) is 11.9. The van der Waals surface area contributed by atoms with Gasteiger partial charge < -0.3 is 5.32 Å². The summed E-state index contributed by atoms with van der Waals surface area (Å²) in [6.45, 7) is 5.20. The van der Waals surface area contributed by atoms with E-state index in [1.165, 1.54) is 16.7 Å². The van der Waals surface area contributed by atoms with Gasteiger partial charge in [0.15, 0.2) is 0 Å². The van der Waals surface area contributed by atoms with Crippen LogP contribution >= 0.6 is 15.9 Å². The van der Waals surface area contributed by atoms with Crippen LogP contribution in [-0.4, -0.2) is 13.6 Å². The third-order valence-corrected chi connectivity index (χ3v) is 2.73. The van der Waals surface area contributed by atoms with Gasteiger partial charge in [0.1, 0.15) is 0 Å². The Morgan fingerprint density at radius 2 is 2.21 bits per heavy atom. The molecule has 0 heterocycles. The summed E-state index contributed by atoms with van der Waals surface area (Å²) in [7, 11) is 1.96. The summed E-state index contributed by atoms with van der Waals surface area (Å²) < 4.78 is 1.13. The van der Waals surface area contributed by atoms with E-state index < -0.39 is 0 Å². The lowest BCUT2D eigenvalue weighted by Gasteiger charge is -2.07. The summed E-state index contributed by atoms with van der Waals surface area (Å²) in [5.74, 6) is 0. The van der Waals surface area contributed by atoms with E-state index in [0.29, 0.717) is 0 Å². The lowest BCUT2D eigenvalue weighted by molar-refractivity contribution is 0.920. The van der Waals surface area contributed by atoms with E-state index in [-0.39, 0.29) is 0 Å². The average Bonchev–Trinajstić information content (AvgIpc) is 2.18. The van der Waals surface area contributed by atoms with Crippen LogP contribution in [0.15, 0.2) is 28.7 Å². The molecule has 76 valence electrons. The molecular weight excluding hydrogens is 238 g/mol. The topological polar surface area (TPSA) is 12.0 Å².